The molecule has 1 aromatic carbocycles. The van der Waals surface area contributed by atoms with Crippen LogP contribution in [-0.2, 0) is 4.79 Å². The molecule has 84 valence electrons. The van der Waals surface area contributed by atoms with Crippen molar-refractivity contribution in [3.8, 4) is 0 Å². The van der Waals surface area contributed by atoms with Gasteiger partial charge < -0.3 is 0 Å². The second-order valence-corrected chi connectivity index (χ2v) is 4.43. The number of anilines is 1. The number of hydrogen-bond donors (Lipinski definition) is 1. The first kappa shape index (κ1) is 11.3. The Bertz CT molecular complexity index is 459. The van der Waals surface area contributed by atoms with Crippen molar-refractivity contribution in [2.75, 3.05) is 5.43 Å². The van der Waals surface area contributed by atoms with Crippen molar-refractivity contribution in [2.24, 2.45) is 5.10 Å². The van der Waals surface area contributed by atoms with E-state index in [1.807, 2.05) is 0 Å². The van der Waals surface area contributed by atoms with Crippen LogP contribution in [0.15, 0.2) is 27.8 Å². The lowest BCUT2D eigenvalue weighted by Crippen LogP contribution is -2.07. The van der Waals surface area contributed by atoms with E-state index < -0.39 is 0 Å². The van der Waals surface area contributed by atoms with Crippen LogP contribution in [0.25, 0.3) is 0 Å². The van der Waals surface area contributed by atoms with E-state index in [4.69, 9.17) is 0 Å². The van der Waals surface area contributed by atoms with E-state index in [1.54, 1.807) is 6.07 Å². The number of carbonyl (C=O) groups is 1. The third kappa shape index (κ3) is 2.47. The molecule has 0 aliphatic heterocycles. The number of rotatable bonds is 2. The average molecular weight is 285 g/mol. The van der Waals surface area contributed by atoms with E-state index in [0.717, 1.165) is 6.42 Å². The smallest absolute Gasteiger partial charge is 0.178 e. The third-order valence-electron chi connectivity index (χ3n) is 2.38. The Morgan fingerprint density at radius 2 is 2.19 bits per heavy atom. The molecule has 0 radical (unpaired) electrons. The second-order valence-electron chi connectivity index (χ2n) is 3.57. The van der Waals surface area contributed by atoms with Gasteiger partial charge in [0.2, 0.25) is 0 Å². The van der Waals surface area contributed by atoms with Crippen molar-refractivity contribution >= 4 is 33.1 Å². The summed E-state index contributed by atoms with van der Waals surface area (Å²) >= 11 is 3.22. The molecule has 1 fully saturated rings. The van der Waals surface area contributed by atoms with Crippen LogP contribution in [0.5, 0.6) is 0 Å². The molecule has 0 saturated heterocycles. The Morgan fingerprint density at radius 3 is 2.81 bits per heavy atom. The van der Waals surface area contributed by atoms with Gasteiger partial charge in [-0.1, -0.05) is 0 Å². The van der Waals surface area contributed by atoms with Crippen LogP contribution in [0.4, 0.5) is 10.1 Å². The molecule has 1 saturated carbocycles. The zero-order valence-corrected chi connectivity index (χ0v) is 10.1. The van der Waals surface area contributed by atoms with Crippen LogP contribution in [0.3, 0.4) is 0 Å². The van der Waals surface area contributed by atoms with Gasteiger partial charge >= 0.3 is 0 Å². The monoisotopic (exact) mass is 284 g/mol. The van der Waals surface area contributed by atoms with Crippen LogP contribution >= 0.6 is 15.9 Å². The maximum absolute atomic E-state index is 12.8. The highest BCUT2D eigenvalue weighted by atomic mass is 79.9. The Balaban J connectivity index is 2.12. The average Bonchev–Trinajstić information content (AvgIpc) is 2.63. The zero-order valence-electron chi connectivity index (χ0n) is 8.46. The van der Waals surface area contributed by atoms with Crippen LogP contribution in [0, 0.1) is 5.82 Å². The van der Waals surface area contributed by atoms with Crippen LogP contribution in [0.2, 0.25) is 0 Å². The van der Waals surface area contributed by atoms with Gasteiger partial charge in [0.1, 0.15) is 11.5 Å². The molecule has 0 amide bonds. The van der Waals surface area contributed by atoms with Crippen molar-refractivity contribution in [1.82, 2.24) is 0 Å². The minimum atomic E-state index is -0.318. The first-order valence-electron chi connectivity index (χ1n) is 4.97. The second kappa shape index (κ2) is 4.74. The highest BCUT2D eigenvalue weighted by molar-refractivity contribution is 9.10. The lowest BCUT2D eigenvalue weighted by molar-refractivity contribution is -0.112. The molecule has 16 heavy (non-hydrogen) atoms. The Labute approximate surface area is 101 Å². The maximum Gasteiger partial charge on any atom is 0.178 e. The molecular weight excluding hydrogens is 275 g/mol. The highest BCUT2D eigenvalue weighted by Gasteiger charge is 2.18. The number of carbonyl (C=O) groups excluding carboxylic acids is 1. The van der Waals surface area contributed by atoms with Crippen molar-refractivity contribution in [3.63, 3.8) is 0 Å². The zero-order chi connectivity index (χ0) is 11.5. The fraction of sp³-hybridized carbons (Fsp3) is 0.273. The van der Waals surface area contributed by atoms with Gasteiger partial charge in [0.25, 0.3) is 0 Å². The fourth-order valence-electron chi connectivity index (χ4n) is 1.53. The fourth-order valence-corrected chi connectivity index (χ4v) is 1.97. The van der Waals surface area contributed by atoms with Gasteiger partial charge in [0.05, 0.1) is 5.69 Å². The summed E-state index contributed by atoms with van der Waals surface area (Å²) in [4.78, 5) is 11.3. The lowest BCUT2D eigenvalue weighted by atomic mass is 10.3. The molecule has 0 spiro atoms. The predicted octanol–water partition coefficient (Wildman–Crippen LogP) is 3.11. The van der Waals surface area contributed by atoms with Gasteiger partial charge in [-0.05, 0) is 47.0 Å². The molecule has 0 heterocycles. The largest absolute Gasteiger partial charge is 0.293 e. The summed E-state index contributed by atoms with van der Waals surface area (Å²) in [7, 11) is 0. The van der Waals surface area contributed by atoms with E-state index >= 15 is 0 Å². The molecule has 1 N–H and O–H groups in total. The van der Waals surface area contributed by atoms with Crippen LogP contribution in [0.1, 0.15) is 19.3 Å². The molecular formula is C11H10BrFN2O. The maximum atomic E-state index is 12.8. The van der Waals surface area contributed by atoms with Crippen molar-refractivity contribution in [3.05, 3.63) is 28.5 Å². The summed E-state index contributed by atoms with van der Waals surface area (Å²) in [6, 6.07) is 4.26. The molecule has 0 atom stereocenters. The molecule has 0 unspecified atom stereocenters. The molecule has 1 aliphatic rings. The summed E-state index contributed by atoms with van der Waals surface area (Å²) in [6.07, 6.45) is 2.15. The topological polar surface area (TPSA) is 41.5 Å². The number of halogens is 2. The molecule has 1 aromatic rings. The first-order chi connectivity index (χ1) is 7.66. The SMILES string of the molecule is O=C1CCC/C1=N\Nc1ccc(F)cc1Br. The van der Waals surface area contributed by atoms with E-state index in [9.17, 15) is 9.18 Å². The van der Waals surface area contributed by atoms with Crippen LogP contribution in [-0.4, -0.2) is 11.5 Å². The van der Waals surface area contributed by atoms with Crippen molar-refractivity contribution in [2.45, 2.75) is 19.3 Å². The molecule has 2 rings (SSSR count). The highest BCUT2D eigenvalue weighted by Crippen LogP contribution is 2.23. The van der Waals surface area contributed by atoms with Gasteiger partial charge in [-0.3, -0.25) is 10.2 Å². The Hall–Kier alpha value is -1.23. The number of hydrazone groups is 1. The number of nitrogens with one attached hydrogen (secondary N) is 1. The van der Waals surface area contributed by atoms with E-state index in [2.05, 4.69) is 26.5 Å². The molecule has 3 nitrogen and oxygen atoms in total. The first-order valence-corrected chi connectivity index (χ1v) is 5.77. The van der Waals surface area contributed by atoms with Gasteiger partial charge in [0.15, 0.2) is 5.78 Å². The van der Waals surface area contributed by atoms with Gasteiger partial charge in [-0.2, -0.15) is 5.10 Å². The minimum absolute atomic E-state index is 0.0886. The Kier molecular flexibility index (Phi) is 3.33. The molecule has 0 aromatic heterocycles. The molecule has 5 heteroatoms. The standard InChI is InChI=1S/C11H10BrFN2O/c12-8-6-7(13)4-5-9(8)14-15-10-2-1-3-11(10)16/h4-6,14H,1-3H2/b15-10+. The van der Waals surface area contributed by atoms with Gasteiger partial charge in [0, 0.05) is 10.9 Å². The summed E-state index contributed by atoms with van der Waals surface area (Å²) in [5.41, 5.74) is 3.98. The summed E-state index contributed by atoms with van der Waals surface area (Å²) < 4.78 is 13.4. The third-order valence-corrected chi connectivity index (χ3v) is 3.04. The van der Waals surface area contributed by atoms with Crippen LogP contribution < -0.4 is 5.43 Å². The number of nitrogens with zero attached hydrogens (tertiary/aromatic N) is 1. The summed E-state index contributed by atoms with van der Waals surface area (Å²) in [5.74, 6) is -0.229. The van der Waals surface area contributed by atoms with Gasteiger partial charge in [-0.25, -0.2) is 4.39 Å². The predicted molar refractivity (Wildman–Crippen MR) is 64.0 cm³/mol. The molecule has 0 bridgehead atoms. The number of Topliss-reactive ketones (excluding diaryl/α,β-unsaturated/α-hetero) is 1. The Morgan fingerprint density at radius 1 is 1.38 bits per heavy atom. The van der Waals surface area contributed by atoms with E-state index in [0.29, 0.717) is 28.7 Å². The summed E-state index contributed by atoms with van der Waals surface area (Å²) in [5, 5.41) is 4.03. The van der Waals surface area contributed by atoms with E-state index in [-0.39, 0.29) is 11.6 Å². The number of hydrogen-bond acceptors (Lipinski definition) is 3. The quantitative estimate of drug-likeness (QED) is 0.848. The van der Waals surface area contributed by atoms with Gasteiger partial charge in [-0.15, -0.1) is 0 Å². The van der Waals surface area contributed by atoms with E-state index in [1.165, 1.54) is 12.1 Å². The van der Waals surface area contributed by atoms with Crippen molar-refractivity contribution in [1.29, 1.82) is 0 Å². The normalized spacial score (nSPS) is 18.1. The van der Waals surface area contributed by atoms with Crippen molar-refractivity contribution < 1.29 is 9.18 Å². The minimum Gasteiger partial charge on any atom is -0.293 e. The molecule has 1 aliphatic carbocycles. The number of benzene rings is 1. The lowest BCUT2D eigenvalue weighted by Gasteiger charge is -2.04. The summed E-state index contributed by atoms with van der Waals surface area (Å²) in [6.45, 7) is 0. The number of ketones is 1.